The number of benzene rings is 1. The van der Waals surface area contributed by atoms with Gasteiger partial charge in [-0.25, -0.2) is 4.68 Å². The van der Waals surface area contributed by atoms with Gasteiger partial charge in [-0.1, -0.05) is 26.0 Å². The predicted molar refractivity (Wildman–Crippen MR) is 73.8 cm³/mol. The molecule has 0 unspecified atom stereocenters. The van der Waals surface area contributed by atoms with Crippen LogP contribution in [0.3, 0.4) is 0 Å². The molecule has 0 aliphatic heterocycles. The Bertz CT molecular complexity index is 690. The number of aryl methyl sites for hydroxylation is 1. The van der Waals surface area contributed by atoms with Crippen LogP contribution in [0.5, 0.6) is 5.88 Å². The molecule has 4 nitrogen and oxygen atoms in total. The van der Waals surface area contributed by atoms with E-state index in [2.05, 4.69) is 5.10 Å². The molecule has 0 N–H and O–H groups in total. The van der Waals surface area contributed by atoms with Crippen molar-refractivity contribution in [2.45, 2.75) is 26.9 Å². The minimum atomic E-state index is -4.62. The fraction of sp³-hybridized carbons (Fsp3) is 0.333. The molecule has 0 amide bonds. The molecule has 1 aromatic heterocycles. The third-order valence-electron chi connectivity index (χ3n) is 2.89. The van der Waals surface area contributed by atoms with Crippen molar-refractivity contribution in [1.29, 1.82) is 0 Å². The smallest absolute Gasteiger partial charge is 0.407 e. The molecule has 0 saturated carbocycles. The Morgan fingerprint density at radius 1 is 1.27 bits per heavy atom. The summed E-state index contributed by atoms with van der Waals surface area (Å²) in [7, 11) is 0. The molecular formula is C15H15F3N2O2. The van der Waals surface area contributed by atoms with Gasteiger partial charge >= 0.3 is 12.1 Å². The van der Waals surface area contributed by atoms with E-state index in [4.69, 9.17) is 4.74 Å². The number of esters is 1. The maximum absolute atomic E-state index is 12.9. The molecule has 2 aromatic rings. The van der Waals surface area contributed by atoms with Gasteiger partial charge in [0.1, 0.15) is 0 Å². The highest BCUT2D eigenvalue weighted by molar-refractivity contribution is 5.74. The third kappa shape index (κ3) is 3.47. The third-order valence-corrected chi connectivity index (χ3v) is 2.89. The average molecular weight is 312 g/mol. The summed E-state index contributed by atoms with van der Waals surface area (Å²) in [5.74, 6) is -1.34. The molecule has 0 radical (unpaired) electrons. The standard InChI is InChI=1S/C15H15F3N2O2/c1-9(2)14(21)22-13-8-12(15(16,17)18)19-20(13)11-6-4-5-10(3)7-11/h4-9H,1-3H3. The van der Waals surface area contributed by atoms with Gasteiger partial charge in [-0.05, 0) is 24.6 Å². The first-order valence-electron chi connectivity index (χ1n) is 6.64. The second-order valence-electron chi connectivity index (χ2n) is 5.19. The van der Waals surface area contributed by atoms with Gasteiger partial charge in [-0.2, -0.15) is 18.3 Å². The number of hydrogen-bond acceptors (Lipinski definition) is 3. The molecule has 2 rings (SSSR count). The van der Waals surface area contributed by atoms with Crippen LogP contribution < -0.4 is 4.74 Å². The number of carbonyl (C=O) groups excluding carboxylic acids is 1. The topological polar surface area (TPSA) is 44.1 Å². The van der Waals surface area contributed by atoms with Crippen molar-refractivity contribution >= 4 is 5.97 Å². The van der Waals surface area contributed by atoms with E-state index in [1.807, 2.05) is 0 Å². The summed E-state index contributed by atoms with van der Waals surface area (Å²) in [4.78, 5) is 11.7. The summed E-state index contributed by atoms with van der Waals surface area (Å²) < 4.78 is 44.6. The maximum Gasteiger partial charge on any atom is 0.435 e. The Morgan fingerprint density at radius 3 is 2.50 bits per heavy atom. The lowest BCUT2D eigenvalue weighted by molar-refractivity contribution is -0.141. The molecule has 0 spiro atoms. The van der Waals surface area contributed by atoms with Crippen LogP contribution in [0.4, 0.5) is 13.2 Å². The first-order chi connectivity index (χ1) is 10.2. The van der Waals surface area contributed by atoms with E-state index >= 15 is 0 Å². The van der Waals surface area contributed by atoms with Crippen LogP contribution in [0.2, 0.25) is 0 Å². The van der Waals surface area contributed by atoms with Crippen LogP contribution >= 0.6 is 0 Å². The normalized spacial score (nSPS) is 11.8. The Balaban J connectivity index is 2.50. The Morgan fingerprint density at radius 2 is 1.95 bits per heavy atom. The van der Waals surface area contributed by atoms with Crippen LogP contribution in [0.15, 0.2) is 30.3 Å². The number of halogens is 3. The molecule has 0 saturated heterocycles. The molecule has 7 heteroatoms. The van der Waals surface area contributed by atoms with Crippen LogP contribution in [0.25, 0.3) is 5.69 Å². The van der Waals surface area contributed by atoms with Crippen molar-refractivity contribution < 1.29 is 22.7 Å². The van der Waals surface area contributed by atoms with E-state index in [0.29, 0.717) is 5.69 Å². The highest BCUT2D eigenvalue weighted by atomic mass is 19.4. The van der Waals surface area contributed by atoms with Gasteiger partial charge in [-0.15, -0.1) is 0 Å². The summed E-state index contributed by atoms with van der Waals surface area (Å²) >= 11 is 0. The zero-order valence-corrected chi connectivity index (χ0v) is 12.3. The van der Waals surface area contributed by atoms with E-state index in [1.165, 1.54) is 0 Å². The minimum Gasteiger partial charge on any atom is -0.407 e. The summed E-state index contributed by atoms with van der Waals surface area (Å²) in [5.41, 5.74) is 0.130. The van der Waals surface area contributed by atoms with E-state index in [1.54, 1.807) is 45.0 Å². The Hall–Kier alpha value is -2.31. The van der Waals surface area contributed by atoms with Crippen molar-refractivity contribution in [2.24, 2.45) is 5.92 Å². The van der Waals surface area contributed by atoms with Gasteiger partial charge in [-0.3, -0.25) is 4.79 Å². The van der Waals surface area contributed by atoms with Crippen molar-refractivity contribution in [3.8, 4) is 11.6 Å². The average Bonchev–Trinajstić information content (AvgIpc) is 2.82. The summed E-state index contributed by atoms with van der Waals surface area (Å²) in [6.45, 7) is 5.00. The largest absolute Gasteiger partial charge is 0.435 e. The molecule has 1 aromatic carbocycles. The van der Waals surface area contributed by atoms with Crippen LogP contribution in [-0.2, 0) is 11.0 Å². The van der Waals surface area contributed by atoms with E-state index < -0.39 is 23.8 Å². The van der Waals surface area contributed by atoms with Crippen molar-refractivity contribution in [1.82, 2.24) is 9.78 Å². The number of aromatic nitrogens is 2. The number of carbonyl (C=O) groups is 1. The molecule has 0 atom stereocenters. The zero-order valence-electron chi connectivity index (χ0n) is 12.3. The zero-order chi connectivity index (χ0) is 16.5. The Labute approximate surface area is 125 Å². The van der Waals surface area contributed by atoms with Gasteiger partial charge < -0.3 is 4.74 Å². The van der Waals surface area contributed by atoms with E-state index in [-0.39, 0.29) is 5.88 Å². The van der Waals surface area contributed by atoms with Crippen LogP contribution in [-0.4, -0.2) is 15.7 Å². The fourth-order valence-corrected chi connectivity index (χ4v) is 1.74. The first-order valence-corrected chi connectivity index (χ1v) is 6.64. The van der Waals surface area contributed by atoms with Crippen molar-refractivity contribution in [3.05, 3.63) is 41.6 Å². The van der Waals surface area contributed by atoms with E-state index in [9.17, 15) is 18.0 Å². The predicted octanol–water partition coefficient (Wildman–Crippen LogP) is 3.76. The quantitative estimate of drug-likeness (QED) is 0.811. The molecular weight excluding hydrogens is 297 g/mol. The van der Waals surface area contributed by atoms with Gasteiger partial charge in [0.25, 0.3) is 0 Å². The van der Waals surface area contributed by atoms with Crippen molar-refractivity contribution in [3.63, 3.8) is 0 Å². The first kappa shape index (κ1) is 16.1. The van der Waals surface area contributed by atoms with Gasteiger partial charge in [0.2, 0.25) is 5.88 Å². The number of nitrogens with zero attached hydrogens (tertiary/aromatic N) is 2. The lowest BCUT2D eigenvalue weighted by Crippen LogP contribution is -2.16. The maximum atomic E-state index is 12.9. The van der Waals surface area contributed by atoms with Crippen LogP contribution in [0, 0.1) is 12.8 Å². The molecule has 118 valence electrons. The minimum absolute atomic E-state index is 0.253. The van der Waals surface area contributed by atoms with Crippen molar-refractivity contribution in [2.75, 3.05) is 0 Å². The highest BCUT2D eigenvalue weighted by Crippen LogP contribution is 2.32. The molecule has 0 fully saturated rings. The molecule has 22 heavy (non-hydrogen) atoms. The summed E-state index contributed by atoms with van der Waals surface area (Å²) in [6.07, 6.45) is -4.62. The lowest BCUT2D eigenvalue weighted by Gasteiger charge is -2.09. The number of rotatable bonds is 3. The van der Waals surface area contributed by atoms with Gasteiger partial charge in [0.05, 0.1) is 11.6 Å². The highest BCUT2D eigenvalue weighted by Gasteiger charge is 2.36. The number of ether oxygens (including phenoxy) is 1. The van der Waals surface area contributed by atoms with Crippen LogP contribution in [0.1, 0.15) is 25.1 Å². The molecule has 1 heterocycles. The summed E-state index contributed by atoms with van der Waals surface area (Å²) in [5, 5.41) is 3.52. The monoisotopic (exact) mass is 312 g/mol. The second kappa shape index (κ2) is 5.82. The van der Waals surface area contributed by atoms with Gasteiger partial charge in [0.15, 0.2) is 5.69 Å². The molecule has 0 aliphatic rings. The fourth-order valence-electron chi connectivity index (χ4n) is 1.74. The Kier molecular flexibility index (Phi) is 4.25. The second-order valence-corrected chi connectivity index (χ2v) is 5.19. The lowest BCUT2D eigenvalue weighted by atomic mass is 10.2. The molecule has 0 aliphatic carbocycles. The van der Waals surface area contributed by atoms with Gasteiger partial charge in [0, 0.05) is 6.07 Å². The van der Waals surface area contributed by atoms with E-state index in [0.717, 1.165) is 16.3 Å². The SMILES string of the molecule is Cc1cccc(-n2nc(C(F)(F)F)cc2OC(=O)C(C)C)c1. The molecule has 0 bridgehead atoms. The summed E-state index contributed by atoms with van der Waals surface area (Å²) in [6, 6.07) is 7.46. The number of alkyl halides is 3. The number of hydrogen-bond donors (Lipinski definition) is 0.